The van der Waals surface area contributed by atoms with E-state index in [0.29, 0.717) is 17.4 Å². The molecule has 0 saturated carbocycles. The second-order valence-electron chi connectivity index (χ2n) is 8.37. The van der Waals surface area contributed by atoms with Crippen LogP contribution in [0.5, 0.6) is 5.75 Å². The summed E-state index contributed by atoms with van der Waals surface area (Å²) in [6, 6.07) is 21.4. The Morgan fingerprint density at radius 2 is 1.82 bits per heavy atom. The Labute approximate surface area is 201 Å². The first-order chi connectivity index (χ1) is 16.5. The van der Waals surface area contributed by atoms with Gasteiger partial charge in [0.25, 0.3) is 5.69 Å². The van der Waals surface area contributed by atoms with Gasteiger partial charge in [-0.15, -0.1) is 0 Å². The predicted octanol–water partition coefficient (Wildman–Crippen LogP) is 4.65. The van der Waals surface area contributed by atoms with Crippen LogP contribution in [0.1, 0.15) is 35.1 Å². The summed E-state index contributed by atoms with van der Waals surface area (Å²) in [7, 11) is 0. The number of esters is 1. The van der Waals surface area contributed by atoms with Gasteiger partial charge in [-0.05, 0) is 29.3 Å². The normalized spacial score (nSPS) is 23.7. The van der Waals surface area contributed by atoms with Crippen molar-refractivity contribution in [1.82, 2.24) is 10.9 Å². The molecule has 4 atom stereocenters. The maximum atomic E-state index is 12.3. The van der Waals surface area contributed by atoms with Crippen molar-refractivity contribution in [3.8, 4) is 5.75 Å². The number of ether oxygens (including phenoxy) is 2. The van der Waals surface area contributed by atoms with E-state index in [9.17, 15) is 14.9 Å². The molecule has 2 aliphatic rings. The van der Waals surface area contributed by atoms with Gasteiger partial charge in [-0.1, -0.05) is 54.1 Å². The zero-order valence-electron chi connectivity index (χ0n) is 18.0. The van der Waals surface area contributed by atoms with Crippen molar-refractivity contribution in [2.24, 2.45) is 5.92 Å². The number of hydrogen-bond donors (Lipinski definition) is 2. The van der Waals surface area contributed by atoms with Gasteiger partial charge in [0.05, 0.1) is 17.4 Å². The lowest BCUT2D eigenvalue weighted by atomic mass is 9.76. The molecular formula is C25H22ClN3O5. The summed E-state index contributed by atoms with van der Waals surface area (Å²) in [5.41, 5.74) is 8.86. The van der Waals surface area contributed by atoms with Crippen LogP contribution >= 0.6 is 11.6 Å². The Morgan fingerprint density at radius 1 is 1.03 bits per heavy atom. The standard InChI is InChI=1S/C25H22ClN3O5/c26-21-7-2-1-4-17(21)14-33-19-10-8-15(9-11-19)20-13-22(30)34-25-23(20)24(27-28-25)16-5-3-6-18(12-16)29(31)32/h1-12,20,23-25,27-28H,13-14H2. The number of nitro benzene ring substituents is 1. The van der Waals surface area contributed by atoms with E-state index in [-0.39, 0.29) is 36.0 Å². The molecule has 3 aromatic rings. The van der Waals surface area contributed by atoms with E-state index >= 15 is 0 Å². The Morgan fingerprint density at radius 3 is 2.59 bits per heavy atom. The van der Waals surface area contributed by atoms with Crippen LogP contribution in [0.15, 0.2) is 72.8 Å². The van der Waals surface area contributed by atoms with E-state index < -0.39 is 11.2 Å². The van der Waals surface area contributed by atoms with E-state index in [1.807, 2.05) is 54.6 Å². The first-order valence-corrected chi connectivity index (χ1v) is 11.3. The highest BCUT2D eigenvalue weighted by atomic mass is 35.5. The molecule has 2 heterocycles. The lowest BCUT2D eigenvalue weighted by Crippen LogP contribution is -2.42. The van der Waals surface area contributed by atoms with Crippen LogP contribution < -0.4 is 15.6 Å². The highest BCUT2D eigenvalue weighted by molar-refractivity contribution is 6.31. The predicted molar refractivity (Wildman–Crippen MR) is 125 cm³/mol. The van der Waals surface area contributed by atoms with E-state index in [1.54, 1.807) is 12.1 Å². The highest BCUT2D eigenvalue weighted by Crippen LogP contribution is 2.45. The van der Waals surface area contributed by atoms with Crippen LogP contribution in [-0.2, 0) is 16.1 Å². The number of non-ortho nitro benzene ring substituents is 1. The van der Waals surface area contributed by atoms with Crippen molar-refractivity contribution in [2.45, 2.75) is 31.2 Å². The molecule has 4 unspecified atom stereocenters. The van der Waals surface area contributed by atoms with Gasteiger partial charge in [0, 0.05) is 34.6 Å². The fourth-order valence-corrected chi connectivity index (χ4v) is 4.85. The Bertz CT molecular complexity index is 1220. The number of fused-ring (bicyclic) bond motifs is 1. The average molecular weight is 480 g/mol. The number of nitrogens with zero attached hydrogens (tertiary/aromatic N) is 1. The van der Waals surface area contributed by atoms with Crippen molar-refractivity contribution < 1.29 is 19.2 Å². The second-order valence-corrected chi connectivity index (χ2v) is 8.77. The molecule has 2 saturated heterocycles. The fourth-order valence-electron chi connectivity index (χ4n) is 4.66. The minimum atomic E-state index is -0.535. The molecule has 0 aliphatic carbocycles. The van der Waals surface area contributed by atoms with Gasteiger partial charge in [0.2, 0.25) is 0 Å². The van der Waals surface area contributed by atoms with Gasteiger partial charge in [-0.3, -0.25) is 14.9 Å². The number of benzene rings is 3. The van der Waals surface area contributed by atoms with E-state index in [1.165, 1.54) is 6.07 Å². The number of hydrazine groups is 1. The summed E-state index contributed by atoms with van der Waals surface area (Å²) >= 11 is 6.20. The topological polar surface area (TPSA) is 103 Å². The van der Waals surface area contributed by atoms with Crippen molar-refractivity contribution in [3.05, 3.63) is 105 Å². The van der Waals surface area contributed by atoms with Crippen molar-refractivity contribution in [3.63, 3.8) is 0 Å². The third-order valence-electron chi connectivity index (χ3n) is 6.33. The summed E-state index contributed by atoms with van der Waals surface area (Å²) in [4.78, 5) is 23.2. The van der Waals surface area contributed by atoms with E-state index in [4.69, 9.17) is 21.1 Å². The Balaban J connectivity index is 1.37. The highest BCUT2D eigenvalue weighted by Gasteiger charge is 2.48. The zero-order valence-corrected chi connectivity index (χ0v) is 18.8. The summed E-state index contributed by atoms with van der Waals surface area (Å²) in [5, 5.41) is 11.9. The number of nitro groups is 1. The molecule has 3 aromatic carbocycles. The van der Waals surface area contributed by atoms with Gasteiger partial charge in [-0.25, -0.2) is 10.9 Å². The summed E-state index contributed by atoms with van der Waals surface area (Å²) in [6.07, 6.45) is -0.317. The van der Waals surface area contributed by atoms with Crippen LogP contribution in [0.4, 0.5) is 5.69 Å². The SMILES string of the molecule is O=C1CC(c2ccc(OCc3ccccc3Cl)cc2)C2C(NNC2c2cccc([N+](=O)[O-])c2)O1. The van der Waals surface area contributed by atoms with Crippen molar-refractivity contribution >= 4 is 23.3 Å². The van der Waals surface area contributed by atoms with Crippen LogP contribution in [0.3, 0.4) is 0 Å². The second kappa shape index (κ2) is 9.42. The number of carbonyl (C=O) groups is 1. The monoisotopic (exact) mass is 479 g/mol. The molecule has 174 valence electrons. The first kappa shape index (κ1) is 22.3. The number of hydrogen-bond acceptors (Lipinski definition) is 7. The molecule has 0 amide bonds. The van der Waals surface area contributed by atoms with Gasteiger partial charge in [-0.2, -0.15) is 0 Å². The van der Waals surface area contributed by atoms with Crippen LogP contribution in [0.25, 0.3) is 0 Å². The number of rotatable bonds is 6. The van der Waals surface area contributed by atoms with Gasteiger partial charge in [0.15, 0.2) is 6.23 Å². The maximum Gasteiger partial charge on any atom is 0.308 e. The lowest BCUT2D eigenvalue weighted by Gasteiger charge is -2.35. The third kappa shape index (κ3) is 4.48. The molecule has 8 nitrogen and oxygen atoms in total. The van der Waals surface area contributed by atoms with Crippen LogP contribution in [-0.4, -0.2) is 17.1 Å². The van der Waals surface area contributed by atoms with E-state index in [2.05, 4.69) is 10.9 Å². The minimum absolute atomic E-state index is 0.0205. The molecule has 2 fully saturated rings. The molecule has 0 radical (unpaired) electrons. The number of halogens is 1. The molecule has 0 bridgehead atoms. The summed E-state index contributed by atoms with van der Waals surface area (Å²) in [5.74, 6) is 0.112. The van der Waals surface area contributed by atoms with Crippen LogP contribution in [0.2, 0.25) is 5.02 Å². The largest absolute Gasteiger partial charge is 0.489 e. The van der Waals surface area contributed by atoms with Gasteiger partial charge in [0.1, 0.15) is 12.4 Å². The quantitative estimate of drug-likeness (QED) is 0.301. The third-order valence-corrected chi connectivity index (χ3v) is 6.69. The van der Waals surface area contributed by atoms with Crippen LogP contribution in [0, 0.1) is 16.0 Å². The van der Waals surface area contributed by atoms with Gasteiger partial charge < -0.3 is 9.47 Å². The smallest absolute Gasteiger partial charge is 0.308 e. The maximum absolute atomic E-state index is 12.3. The first-order valence-electron chi connectivity index (χ1n) is 10.9. The van der Waals surface area contributed by atoms with Crippen molar-refractivity contribution in [2.75, 3.05) is 0 Å². The minimum Gasteiger partial charge on any atom is -0.489 e. The molecule has 34 heavy (non-hydrogen) atoms. The molecule has 0 spiro atoms. The molecule has 5 rings (SSSR count). The molecule has 0 aromatic heterocycles. The average Bonchev–Trinajstić information content (AvgIpc) is 3.27. The molecular weight excluding hydrogens is 458 g/mol. The van der Waals surface area contributed by atoms with Gasteiger partial charge >= 0.3 is 5.97 Å². The Hall–Kier alpha value is -3.46. The Kier molecular flexibility index (Phi) is 6.19. The molecule has 2 aliphatic heterocycles. The summed E-state index contributed by atoms with van der Waals surface area (Å²) in [6.45, 7) is 0.349. The number of carbonyl (C=O) groups excluding carboxylic acids is 1. The number of nitrogens with one attached hydrogen (secondary N) is 2. The zero-order chi connectivity index (χ0) is 23.7. The molecule has 2 N–H and O–H groups in total. The fraction of sp³-hybridized carbons (Fsp3) is 0.240. The summed E-state index contributed by atoms with van der Waals surface area (Å²) < 4.78 is 11.4. The lowest BCUT2D eigenvalue weighted by molar-refractivity contribution is -0.384. The van der Waals surface area contributed by atoms with Crippen molar-refractivity contribution in [1.29, 1.82) is 0 Å². The molecule has 9 heteroatoms. The van der Waals surface area contributed by atoms with E-state index in [0.717, 1.165) is 16.7 Å².